The minimum Gasteiger partial charge on any atom is -0.296 e. The van der Waals surface area contributed by atoms with E-state index in [1.807, 2.05) is 0 Å². The molecule has 0 amide bonds. The van der Waals surface area contributed by atoms with Gasteiger partial charge < -0.3 is 0 Å². The van der Waals surface area contributed by atoms with Crippen molar-refractivity contribution < 1.29 is 20.1 Å². The molecule has 0 atom stereocenters. The van der Waals surface area contributed by atoms with Crippen LogP contribution in [0.25, 0.3) is 44.4 Å². The molecule has 3 aromatic carbocycles. The molecule has 1 nitrogen and oxygen atoms in total. The van der Waals surface area contributed by atoms with E-state index in [0.717, 1.165) is 16.8 Å². The van der Waals surface area contributed by atoms with Gasteiger partial charge in [-0.25, -0.2) is 0 Å². The van der Waals surface area contributed by atoms with Gasteiger partial charge in [0.15, 0.2) is 0 Å². The van der Waals surface area contributed by atoms with Gasteiger partial charge in [0, 0.05) is 25.5 Å². The van der Waals surface area contributed by atoms with Crippen LogP contribution in [0.5, 0.6) is 0 Å². The van der Waals surface area contributed by atoms with Crippen molar-refractivity contribution in [1.29, 1.82) is 0 Å². The molecule has 0 spiro atoms. The SMILES string of the molecule is Cc1c(-c2[c-]cc(C(C)(C)C)cc2)nc2cccc3c2c1-c1ccccc1-3.[Ir]. The summed E-state index contributed by atoms with van der Waals surface area (Å²) in [6.07, 6.45) is 0. The Morgan fingerprint density at radius 2 is 1.54 bits per heavy atom. The first-order valence-electron chi connectivity index (χ1n) is 9.51. The number of fused-ring (bicyclic) bond motifs is 3. The Hall–Kier alpha value is -2.28. The largest absolute Gasteiger partial charge is 0.296 e. The van der Waals surface area contributed by atoms with Crippen molar-refractivity contribution in [1.82, 2.24) is 4.98 Å². The molecule has 1 heterocycles. The van der Waals surface area contributed by atoms with Gasteiger partial charge in [-0.3, -0.25) is 4.98 Å². The van der Waals surface area contributed by atoms with Crippen LogP contribution >= 0.6 is 0 Å². The Labute approximate surface area is 180 Å². The molecule has 28 heavy (non-hydrogen) atoms. The van der Waals surface area contributed by atoms with Crippen molar-refractivity contribution >= 4 is 10.9 Å². The van der Waals surface area contributed by atoms with Crippen molar-refractivity contribution in [2.75, 3.05) is 0 Å². The monoisotopic (exact) mass is 541 g/mol. The number of rotatable bonds is 1. The molecule has 5 rings (SSSR count). The summed E-state index contributed by atoms with van der Waals surface area (Å²) in [5.74, 6) is 0. The molecule has 1 aliphatic rings. The van der Waals surface area contributed by atoms with Crippen molar-refractivity contribution in [2.45, 2.75) is 33.1 Å². The molecular formula is C26H22IrN-. The van der Waals surface area contributed by atoms with Gasteiger partial charge in [-0.15, -0.1) is 35.4 Å². The fourth-order valence-electron chi connectivity index (χ4n) is 4.20. The molecule has 1 aliphatic carbocycles. The fourth-order valence-corrected chi connectivity index (χ4v) is 4.20. The summed E-state index contributed by atoms with van der Waals surface area (Å²) in [5.41, 5.74) is 11.1. The van der Waals surface area contributed by atoms with Crippen LogP contribution in [0.15, 0.2) is 60.7 Å². The normalized spacial score (nSPS) is 12.0. The summed E-state index contributed by atoms with van der Waals surface area (Å²) in [7, 11) is 0. The van der Waals surface area contributed by atoms with Gasteiger partial charge in [-0.05, 0) is 46.4 Å². The molecule has 1 aromatic heterocycles. The van der Waals surface area contributed by atoms with Gasteiger partial charge in [-0.2, -0.15) is 0 Å². The standard InChI is InChI=1S/C26H22N.Ir/c1-16-23-20-9-6-5-8-19(20)21-10-7-11-22(24(21)23)27-25(16)17-12-14-18(15-13-17)26(2,3)4;/h5-12,14-15H,1-4H3;/q-1;. The third-order valence-corrected chi connectivity index (χ3v) is 5.68. The summed E-state index contributed by atoms with van der Waals surface area (Å²) < 4.78 is 0. The van der Waals surface area contributed by atoms with E-state index in [9.17, 15) is 0 Å². The molecule has 0 saturated heterocycles. The first kappa shape index (κ1) is 19.1. The second-order valence-electron chi connectivity index (χ2n) is 8.45. The maximum absolute atomic E-state index is 5.05. The van der Waals surface area contributed by atoms with E-state index in [-0.39, 0.29) is 25.5 Å². The quantitative estimate of drug-likeness (QED) is 0.210. The number of hydrogen-bond donors (Lipinski definition) is 0. The summed E-state index contributed by atoms with van der Waals surface area (Å²) in [6, 6.07) is 25.1. The maximum atomic E-state index is 5.05. The van der Waals surface area contributed by atoms with Crippen LogP contribution in [0.3, 0.4) is 0 Å². The summed E-state index contributed by atoms with van der Waals surface area (Å²) in [5, 5.41) is 1.28. The van der Waals surface area contributed by atoms with E-state index < -0.39 is 0 Å². The predicted octanol–water partition coefficient (Wildman–Crippen LogP) is 6.95. The second-order valence-corrected chi connectivity index (χ2v) is 8.45. The molecule has 0 N–H and O–H groups in total. The first-order valence-corrected chi connectivity index (χ1v) is 9.51. The van der Waals surface area contributed by atoms with Crippen molar-refractivity contribution in [3.63, 3.8) is 0 Å². The average molecular weight is 541 g/mol. The number of hydrogen-bond acceptors (Lipinski definition) is 1. The molecule has 0 aliphatic heterocycles. The van der Waals surface area contributed by atoms with Crippen LogP contribution in [0, 0.1) is 13.0 Å². The molecule has 4 aromatic rings. The minimum atomic E-state index is 0. The molecule has 0 unspecified atom stereocenters. The molecule has 141 valence electrons. The third-order valence-electron chi connectivity index (χ3n) is 5.68. The molecule has 0 fully saturated rings. The molecule has 1 radical (unpaired) electrons. The van der Waals surface area contributed by atoms with Crippen LogP contribution in [-0.4, -0.2) is 4.98 Å². The van der Waals surface area contributed by atoms with Gasteiger partial charge in [-0.1, -0.05) is 62.7 Å². The predicted molar refractivity (Wildman–Crippen MR) is 114 cm³/mol. The van der Waals surface area contributed by atoms with E-state index >= 15 is 0 Å². The Bertz CT molecular complexity index is 1200. The zero-order chi connectivity index (χ0) is 18.8. The zero-order valence-corrected chi connectivity index (χ0v) is 18.9. The van der Waals surface area contributed by atoms with Crippen LogP contribution in [0.1, 0.15) is 31.9 Å². The molecule has 0 saturated carbocycles. The van der Waals surface area contributed by atoms with Gasteiger partial charge in [0.25, 0.3) is 0 Å². The fraction of sp³-hybridized carbons (Fsp3) is 0.192. The van der Waals surface area contributed by atoms with Crippen molar-refractivity contribution in [2.24, 2.45) is 0 Å². The van der Waals surface area contributed by atoms with E-state index in [0.29, 0.717) is 0 Å². The number of aromatic nitrogens is 1. The van der Waals surface area contributed by atoms with E-state index in [1.165, 1.54) is 38.8 Å². The van der Waals surface area contributed by atoms with Crippen LogP contribution in [0.2, 0.25) is 0 Å². The summed E-state index contributed by atoms with van der Waals surface area (Å²) in [6.45, 7) is 8.89. The second kappa shape index (κ2) is 6.65. The van der Waals surface area contributed by atoms with Crippen molar-refractivity contribution in [3.8, 4) is 33.5 Å². The number of pyridine rings is 1. The molecule has 0 bridgehead atoms. The Morgan fingerprint density at radius 1 is 0.821 bits per heavy atom. The van der Waals surface area contributed by atoms with Crippen LogP contribution in [0.4, 0.5) is 0 Å². The van der Waals surface area contributed by atoms with Crippen LogP contribution in [-0.2, 0) is 25.5 Å². The van der Waals surface area contributed by atoms with Crippen molar-refractivity contribution in [3.05, 3.63) is 77.9 Å². The Morgan fingerprint density at radius 3 is 2.21 bits per heavy atom. The zero-order valence-electron chi connectivity index (χ0n) is 16.6. The van der Waals surface area contributed by atoms with Gasteiger partial charge in [0.1, 0.15) is 0 Å². The molecule has 2 heteroatoms. The number of nitrogens with zero attached hydrogens (tertiary/aromatic N) is 1. The van der Waals surface area contributed by atoms with Gasteiger partial charge in [0.05, 0.1) is 5.52 Å². The number of benzene rings is 3. The minimum absolute atomic E-state index is 0. The van der Waals surface area contributed by atoms with Gasteiger partial charge in [0.2, 0.25) is 0 Å². The van der Waals surface area contributed by atoms with Gasteiger partial charge >= 0.3 is 0 Å². The van der Waals surface area contributed by atoms with Crippen LogP contribution < -0.4 is 0 Å². The molecular weight excluding hydrogens is 519 g/mol. The smallest absolute Gasteiger partial charge is 0.0608 e. The third kappa shape index (κ3) is 2.75. The maximum Gasteiger partial charge on any atom is 0.0608 e. The Kier molecular flexibility index (Phi) is 4.53. The Balaban J connectivity index is 0.00000192. The van der Waals surface area contributed by atoms with E-state index in [1.54, 1.807) is 0 Å². The topological polar surface area (TPSA) is 12.9 Å². The van der Waals surface area contributed by atoms with E-state index in [4.69, 9.17) is 4.98 Å². The summed E-state index contributed by atoms with van der Waals surface area (Å²) in [4.78, 5) is 5.05. The van der Waals surface area contributed by atoms with E-state index in [2.05, 4.69) is 94.4 Å². The first-order chi connectivity index (χ1) is 12.9. The average Bonchev–Trinajstić information content (AvgIpc) is 3.00. The summed E-state index contributed by atoms with van der Waals surface area (Å²) >= 11 is 0.